The molecule has 0 radical (unpaired) electrons. The van der Waals surface area contributed by atoms with Crippen LogP contribution in [0.25, 0.3) is 11.1 Å². The molecule has 0 bridgehead atoms. The molecule has 166 valence electrons. The van der Waals surface area contributed by atoms with Gasteiger partial charge in [0.2, 0.25) is 5.75 Å². The van der Waals surface area contributed by atoms with Crippen molar-refractivity contribution in [3.05, 3.63) is 41.5 Å². The number of carbonyl (C=O) groups excluding carboxylic acids is 2. The molecular weight excluding hydrogens is 400 g/mol. The fraction of sp³-hybridized carbons (Fsp3) is 0.417. The van der Waals surface area contributed by atoms with Gasteiger partial charge in [-0.25, -0.2) is 4.79 Å². The predicted octanol–water partition coefficient (Wildman–Crippen LogP) is 4.40. The van der Waals surface area contributed by atoms with E-state index in [2.05, 4.69) is 0 Å². The van der Waals surface area contributed by atoms with Crippen molar-refractivity contribution in [3.63, 3.8) is 0 Å². The van der Waals surface area contributed by atoms with Crippen molar-refractivity contribution in [3.8, 4) is 28.4 Å². The number of esters is 2. The third-order valence-electron chi connectivity index (χ3n) is 4.91. The Balaban J connectivity index is 1.98. The zero-order chi connectivity index (χ0) is 22.8. The summed E-state index contributed by atoms with van der Waals surface area (Å²) in [5.41, 5.74) is 2.11. The third kappa shape index (κ3) is 4.76. The third-order valence-corrected chi connectivity index (χ3v) is 4.91. The minimum Gasteiger partial charge on any atom is -0.493 e. The highest BCUT2D eigenvalue weighted by Crippen LogP contribution is 2.45. The van der Waals surface area contributed by atoms with Crippen LogP contribution in [0, 0.1) is 5.92 Å². The van der Waals surface area contributed by atoms with Gasteiger partial charge in [0.25, 0.3) is 0 Å². The quantitative estimate of drug-likeness (QED) is 0.577. The van der Waals surface area contributed by atoms with Crippen molar-refractivity contribution >= 4 is 11.9 Å². The number of cyclic esters (lactones) is 1. The number of fused-ring (bicyclic) bond motifs is 1. The molecule has 31 heavy (non-hydrogen) atoms. The van der Waals surface area contributed by atoms with Gasteiger partial charge in [0.05, 0.1) is 25.7 Å². The van der Waals surface area contributed by atoms with Crippen LogP contribution in [-0.2, 0) is 20.9 Å². The molecule has 0 saturated heterocycles. The molecule has 3 rings (SSSR count). The van der Waals surface area contributed by atoms with Gasteiger partial charge in [-0.15, -0.1) is 0 Å². The van der Waals surface area contributed by atoms with Crippen LogP contribution in [0.4, 0.5) is 0 Å². The Morgan fingerprint density at radius 3 is 2.42 bits per heavy atom. The highest BCUT2D eigenvalue weighted by atomic mass is 16.6. The van der Waals surface area contributed by atoms with Crippen LogP contribution in [-0.4, -0.2) is 38.4 Å². The summed E-state index contributed by atoms with van der Waals surface area (Å²) in [7, 11) is 3.08. The number of ether oxygens (including phenoxy) is 5. The average Bonchev–Trinajstić information content (AvgIpc) is 3.11. The second-order valence-electron chi connectivity index (χ2n) is 8.25. The van der Waals surface area contributed by atoms with E-state index in [0.29, 0.717) is 22.8 Å². The summed E-state index contributed by atoms with van der Waals surface area (Å²) < 4.78 is 27.9. The van der Waals surface area contributed by atoms with Crippen LogP contribution in [0.2, 0.25) is 0 Å². The maximum absolute atomic E-state index is 12.1. The second kappa shape index (κ2) is 8.88. The van der Waals surface area contributed by atoms with Crippen molar-refractivity contribution in [2.24, 2.45) is 5.92 Å². The number of carbonyl (C=O) groups is 2. The number of rotatable bonds is 8. The van der Waals surface area contributed by atoms with Crippen LogP contribution in [0.5, 0.6) is 17.2 Å². The Hall–Kier alpha value is -3.22. The first-order valence-corrected chi connectivity index (χ1v) is 10.1. The molecule has 0 atom stereocenters. The second-order valence-corrected chi connectivity index (χ2v) is 8.25. The van der Waals surface area contributed by atoms with Gasteiger partial charge in [-0.2, -0.15) is 0 Å². The Labute approximate surface area is 182 Å². The Bertz CT molecular complexity index is 992. The summed E-state index contributed by atoms with van der Waals surface area (Å²) in [6.07, 6.45) is 0. The first kappa shape index (κ1) is 22.5. The normalized spacial score (nSPS) is 12.9. The van der Waals surface area contributed by atoms with Crippen LogP contribution < -0.4 is 14.2 Å². The van der Waals surface area contributed by atoms with Crippen molar-refractivity contribution < 1.29 is 33.3 Å². The zero-order valence-electron chi connectivity index (χ0n) is 18.7. The van der Waals surface area contributed by atoms with Crippen molar-refractivity contribution in [2.45, 2.75) is 39.9 Å². The molecule has 0 spiro atoms. The molecule has 0 N–H and O–H groups in total. The van der Waals surface area contributed by atoms with Crippen LogP contribution >= 0.6 is 0 Å². The van der Waals surface area contributed by atoms with Gasteiger partial charge >= 0.3 is 11.9 Å². The molecule has 0 amide bonds. The van der Waals surface area contributed by atoms with Crippen molar-refractivity contribution in [1.29, 1.82) is 0 Å². The fourth-order valence-corrected chi connectivity index (χ4v) is 3.24. The van der Waals surface area contributed by atoms with Gasteiger partial charge in [-0.3, -0.25) is 4.79 Å². The molecule has 2 aromatic carbocycles. The molecule has 1 aliphatic rings. The van der Waals surface area contributed by atoms with Gasteiger partial charge in [0.15, 0.2) is 11.5 Å². The minimum absolute atomic E-state index is 0.106. The first-order chi connectivity index (χ1) is 14.7. The van der Waals surface area contributed by atoms with E-state index in [9.17, 15) is 9.59 Å². The number of benzene rings is 2. The van der Waals surface area contributed by atoms with Gasteiger partial charge < -0.3 is 23.7 Å². The highest BCUT2D eigenvalue weighted by Gasteiger charge is 2.28. The van der Waals surface area contributed by atoms with Gasteiger partial charge in [-0.1, -0.05) is 19.9 Å². The van der Waals surface area contributed by atoms with E-state index in [1.165, 1.54) is 7.11 Å². The lowest BCUT2D eigenvalue weighted by Crippen LogP contribution is -2.36. The van der Waals surface area contributed by atoms with Gasteiger partial charge in [-0.05, 0) is 43.7 Å². The standard InChI is InChI=1S/C24H28O7/c1-14(2)22(25)31-24(3,4)13-30-20-17(9-10-19(27-5)21(20)28-6)15-7-8-18-16(11-15)12-29-23(18)26/h7-11,14H,12-13H2,1-6H3. The molecule has 0 fully saturated rings. The largest absolute Gasteiger partial charge is 0.493 e. The highest BCUT2D eigenvalue weighted by molar-refractivity contribution is 5.94. The minimum atomic E-state index is -0.856. The maximum atomic E-state index is 12.1. The predicted molar refractivity (Wildman–Crippen MR) is 115 cm³/mol. The lowest BCUT2D eigenvalue weighted by Gasteiger charge is -2.27. The summed E-state index contributed by atoms with van der Waals surface area (Å²) in [4.78, 5) is 23.8. The van der Waals surface area contributed by atoms with E-state index in [1.807, 2.05) is 18.2 Å². The maximum Gasteiger partial charge on any atom is 0.338 e. The first-order valence-electron chi connectivity index (χ1n) is 10.1. The lowest BCUT2D eigenvalue weighted by atomic mass is 9.99. The molecule has 7 nitrogen and oxygen atoms in total. The molecule has 7 heteroatoms. The summed E-state index contributed by atoms with van der Waals surface area (Å²) in [6.45, 7) is 7.49. The van der Waals surface area contributed by atoms with Gasteiger partial charge in [0.1, 0.15) is 18.8 Å². The summed E-state index contributed by atoms with van der Waals surface area (Å²) in [6, 6.07) is 9.14. The topological polar surface area (TPSA) is 80.3 Å². The molecule has 0 unspecified atom stereocenters. The summed E-state index contributed by atoms with van der Waals surface area (Å²) >= 11 is 0. The lowest BCUT2D eigenvalue weighted by molar-refractivity contribution is -0.163. The monoisotopic (exact) mass is 428 g/mol. The fourth-order valence-electron chi connectivity index (χ4n) is 3.24. The smallest absolute Gasteiger partial charge is 0.338 e. The molecule has 1 heterocycles. The van der Waals surface area contributed by atoms with Crippen LogP contribution in [0.15, 0.2) is 30.3 Å². The van der Waals surface area contributed by atoms with E-state index in [-0.39, 0.29) is 31.1 Å². The Morgan fingerprint density at radius 1 is 1.06 bits per heavy atom. The van der Waals surface area contributed by atoms with Crippen LogP contribution in [0.1, 0.15) is 43.6 Å². The van der Waals surface area contributed by atoms with Crippen molar-refractivity contribution in [1.82, 2.24) is 0 Å². The molecule has 1 aliphatic heterocycles. The molecule has 0 aromatic heterocycles. The zero-order valence-corrected chi connectivity index (χ0v) is 18.7. The molecular formula is C24H28O7. The van der Waals surface area contributed by atoms with E-state index in [1.54, 1.807) is 46.9 Å². The number of hydrogen-bond acceptors (Lipinski definition) is 7. The number of methoxy groups -OCH3 is 2. The Morgan fingerprint density at radius 2 is 1.77 bits per heavy atom. The number of hydrogen-bond donors (Lipinski definition) is 0. The van der Waals surface area contributed by atoms with E-state index in [4.69, 9.17) is 23.7 Å². The Kier molecular flexibility index (Phi) is 6.43. The van der Waals surface area contributed by atoms with Crippen molar-refractivity contribution in [2.75, 3.05) is 20.8 Å². The van der Waals surface area contributed by atoms with E-state index < -0.39 is 5.60 Å². The molecule has 2 aromatic rings. The average molecular weight is 428 g/mol. The SMILES string of the molecule is COc1ccc(-c2ccc3c(c2)COC3=O)c(OCC(C)(C)OC(=O)C(C)C)c1OC. The van der Waals surface area contributed by atoms with Gasteiger partial charge in [0, 0.05) is 11.1 Å². The van der Waals surface area contributed by atoms with Crippen LogP contribution in [0.3, 0.4) is 0 Å². The summed E-state index contributed by atoms with van der Waals surface area (Å²) in [5.74, 6) is 0.545. The molecule has 0 aliphatic carbocycles. The molecule has 0 saturated carbocycles. The summed E-state index contributed by atoms with van der Waals surface area (Å²) in [5, 5.41) is 0. The van der Waals surface area contributed by atoms with E-state index >= 15 is 0 Å². The van der Waals surface area contributed by atoms with E-state index in [0.717, 1.165) is 16.7 Å².